The van der Waals surface area contributed by atoms with E-state index in [4.69, 9.17) is 16.3 Å². The summed E-state index contributed by atoms with van der Waals surface area (Å²) in [5.41, 5.74) is 1.18. The number of aryl methyl sites for hydroxylation is 1. The maximum atomic E-state index is 13.1. The Labute approximate surface area is 180 Å². The number of halogens is 1. The van der Waals surface area contributed by atoms with Crippen LogP contribution in [-0.2, 0) is 10.0 Å². The van der Waals surface area contributed by atoms with Gasteiger partial charge in [0, 0.05) is 28.0 Å². The Hall–Kier alpha value is -2.90. The van der Waals surface area contributed by atoms with E-state index in [-0.39, 0.29) is 28.0 Å². The molecule has 3 rings (SSSR count). The highest BCUT2D eigenvalue weighted by molar-refractivity contribution is 7.92. The second-order valence-electron chi connectivity index (χ2n) is 6.90. The summed E-state index contributed by atoms with van der Waals surface area (Å²) in [4.78, 5) is 17.2. The third-order valence-corrected chi connectivity index (χ3v) is 5.84. The van der Waals surface area contributed by atoms with Crippen LogP contribution in [0, 0.1) is 6.92 Å². The van der Waals surface area contributed by atoms with Crippen LogP contribution < -0.4 is 9.46 Å². The van der Waals surface area contributed by atoms with Crippen molar-refractivity contribution in [3.05, 3.63) is 82.6 Å². The molecule has 0 bridgehead atoms. The van der Waals surface area contributed by atoms with Crippen molar-refractivity contribution in [1.82, 2.24) is 4.98 Å². The van der Waals surface area contributed by atoms with E-state index in [1.54, 1.807) is 37.4 Å². The van der Waals surface area contributed by atoms with Crippen LogP contribution in [0.25, 0.3) is 0 Å². The molecule has 156 valence electrons. The number of hydrogen-bond donors (Lipinski definition) is 1. The van der Waals surface area contributed by atoms with Gasteiger partial charge in [-0.05, 0) is 75.4 Å². The largest absolute Gasteiger partial charge is 0.491 e. The van der Waals surface area contributed by atoms with E-state index in [0.29, 0.717) is 22.0 Å². The molecule has 0 aliphatic heterocycles. The van der Waals surface area contributed by atoms with Crippen LogP contribution in [0.15, 0.2) is 65.7 Å². The van der Waals surface area contributed by atoms with Crippen LogP contribution >= 0.6 is 11.6 Å². The molecular formula is C22H21ClN2O4S. The van der Waals surface area contributed by atoms with Crippen LogP contribution in [0.4, 0.5) is 5.69 Å². The predicted molar refractivity (Wildman–Crippen MR) is 117 cm³/mol. The fraction of sp³-hybridized carbons (Fsp3) is 0.182. The number of anilines is 1. The van der Waals surface area contributed by atoms with Crippen molar-refractivity contribution >= 4 is 33.1 Å². The molecule has 0 amide bonds. The Morgan fingerprint density at radius 3 is 2.40 bits per heavy atom. The predicted octanol–water partition coefficient (Wildman–Crippen LogP) is 4.86. The Morgan fingerprint density at radius 2 is 1.77 bits per heavy atom. The third-order valence-electron chi connectivity index (χ3n) is 4.23. The lowest BCUT2D eigenvalue weighted by molar-refractivity contribution is 0.103. The summed E-state index contributed by atoms with van der Waals surface area (Å²) in [6, 6.07) is 13.8. The normalized spacial score (nSPS) is 11.4. The Morgan fingerprint density at radius 1 is 1.07 bits per heavy atom. The smallest absolute Gasteiger partial charge is 0.261 e. The highest BCUT2D eigenvalue weighted by Crippen LogP contribution is 2.27. The molecule has 3 aromatic rings. The summed E-state index contributed by atoms with van der Waals surface area (Å²) in [7, 11) is -3.94. The van der Waals surface area contributed by atoms with E-state index in [2.05, 4.69) is 9.71 Å². The Bertz CT molecular complexity index is 1180. The maximum Gasteiger partial charge on any atom is 0.261 e. The topological polar surface area (TPSA) is 85.4 Å². The first-order chi connectivity index (χ1) is 14.2. The number of nitrogens with zero attached hydrogens (tertiary/aromatic N) is 1. The maximum absolute atomic E-state index is 13.1. The summed E-state index contributed by atoms with van der Waals surface area (Å²) >= 11 is 6.08. The van der Waals surface area contributed by atoms with Gasteiger partial charge in [0.15, 0.2) is 5.78 Å². The van der Waals surface area contributed by atoms with Gasteiger partial charge in [0.1, 0.15) is 5.75 Å². The third kappa shape index (κ3) is 4.98. The minimum atomic E-state index is -3.94. The lowest BCUT2D eigenvalue weighted by Crippen LogP contribution is -2.16. The van der Waals surface area contributed by atoms with Gasteiger partial charge in [-0.25, -0.2) is 8.42 Å². The second kappa shape index (κ2) is 8.85. The van der Waals surface area contributed by atoms with Crippen LogP contribution in [-0.4, -0.2) is 25.3 Å². The zero-order chi connectivity index (χ0) is 21.9. The molecule has 0 fully saturated rings. The van der Waals surface area contributed by atoms with Crippen LogP contribution in [0.2, 0.25) is 5.02 Å². The number of ether oxygens (including phenoxy) is 1. The number of rotatable bonds is 7. The molecule has 30 heavy (non-hydrogen) atoms. The Kier molecular flexibility index (Phi) is 6.43. The molecule has 0 saturated carbocycles. The number of carbonyl (C=O) groups is 1. The molecule has 0 spiro atoms. The van der Waals surface area contributed by atoms with E-state index in [9.17, 15) is 13.2 Å². The minimum Gasteiger partial charge on any atom is -0.491 e. The molecule has 0 atom stereocenters. The molecule has 1 aromatic heterocycles. The first-order valence-electron chi connectivity index (χ1n) is 9.23. The van der Waals surface area contributed by atoms with Crippen molar-refractivity contribution in [2.24, 2.45) is 0 Å². The summed E-state index contributed by atoms with van der Waals surface area (Å²) in [5.74, 6) is 0.194. The van der Waals surface area contributed by atoms with Gasteiger partial charge in [-0.15, -0.1) is 0 Å². The van der Waals surface area contributed by atoms with E-state index in [1.807, 2.05) is 13.8 Å². The van der Waals surface area contributed by atoms with Crippen molar-refractivity contribution in [1.29, 1.82) is 0 Å². The molecule has 6 nitrogen and oxygen atoms in total. The van der Waals surface area contributed by atoms with Crippen LogP contribution in [0.3, 0.4) is 0 Å². The van der Waals surface area contributed by atoms with Crippen LogP contribution in [0.1, 0.15) is 35.5 Å². The number of ketones is 1. The average Bonchev–Trinajstić information content (AvgIpc) is 2.69. The van der Waals surface area contributed by atoms with Crippen molar-refractivity contribution in [3.8, 4) is 5.75 Å². The standard InChI is InChI=1S/C22H21ClN2O4S/c1-14(2)29-17-7-9-18(10-8-17)30(27,28)25-21-11-6-16(23)13-20(21)22(26)19-5-4-12-24-15(19)3/h4-14,25H,1-3H3. The first-order valence-corrected chi connectivity index (χ1v) is 11.1. The molecule has 1 heterocycles. The van der Waals surface area contributed by atoms with Gasteiger partial charge in [-0.3, -0.25) is 14.5 Å². The molecular weight excluding hydrogens is 424 g/mol. The van der Waals surface area contributed by atoms with E-state index < -0.39 is 10.0 Å². The molecule has 0 unspecified atom stereocenters. The fourth-order valence-corrected chi connectivity index (χ4v) is 4.09. The number of carbonyl (C=O) groups excluding carboxylic acids is 1. The van der Waals surface area contributed by atoms with E-state index >= 15 is 0 Å². The van der Waals surface area contributed by atoms with E-state index in [1.165, 1.54) is 30.3 Å². The van der Waals surface area contributed by atoms with Gasteiger partial charge in [0.05, 0.1) is 16.7 Å². The average molecular weight is 445 g/mol. The molecule has 1 N–H and O–H groups in total. The number of pyridine rings is 1. The van der Waals surface area contributed by atoms with E-state index in [0.717, 1.165) is 0 Å². The van der Waals surface area contributed by atoms with Gasteiger partial charge in [-0.1, -0.05) is 11.6 Å². The minimum absolute atomic E-state index is 0.0239. The van der Waals surface area contributed by atoms with Gasteiger partial charge in [0.2, 0.25) is 0 Å². The lowest BCUT2D eigenvalue weighted by Gasteiger charge is -2.14. The molecule has 0 saturated heterocycles. The highest BCUT2D eigenvalue weighted by Gasteiger charge is 2.21. The fourth-order valence-electron chi connectivity index (χ4n) is 2.84. The molecule has 8 heteroatoms. The number of benzene rings is 2. The summed E-state index contributed by atoms with van der Waals surface area (Å²) in [5, 5.41) is 0.318. The number of nitrogens with one attached hydrogen (secondary N) is 1. The molecule has 2 aromatic carbocycles. The first kappa shape index (κ1) is 21.8. The number of hydrogen-bond acceptors (Lipinski definition) is 5. The number of aromatic nitrogens is 1. The van der Waals surface area contributed by atoms with Gasteiger partial charge < -0.3 is 4.74 Å². The highest BCUT2D eigenvalue weighted by atomic mass is 35.5. The lowest BCUT2D eigenvalue weighted by atomic mass is 10.0. The molecule has 0 radical (unpaired) electrons. The summed E-state index contributed by atoms with van der Waals surface area (Å²) in [6.45, 7) is 5.48. The monoisotopic (exact) mass is 444 g/mol. The van der Waals surface area contributed by atoms with Crippen LogP contribution in [0.5, 0.6) is 5.75 Å². The zero-order valence-electron chi connectivity index (χ0n) is 16.7. The molecule has 0 aliphatic carbocycles. The number of sulfonamides is 1. The van der Waals surface area contributed by atoms with Crippen molar-refractivity contribution in [2.45, 2.75) is 31.8 Å². The van der Waals surface area contributed by atoms with Gasteiger partial charge in [0.25, 0.3) is 10.0 Å². The van der Waals surface area contributed by atoms with Crippen molar-refractivity contribution in [3.63, 3.8) is 0 Å². The Balaban J connectivity index is 1.95. The quantitative estimate of drug-likeness (QED) is 0.526. The van der Waals surface area contributed by atoms with Crippen molar-refractivity contribution in [2.75, 3.05) is 4.72 Å². The summed E-state index contributed by atoms with van der Waals surface area (Å²) in [6.07, 6.45) is 1.56. The second-order valence-corrected chi connectivity index (χ2v) is 9.02. The zero-order valence-corrected chi connectivity index (χ0v) is 18.3. The summed E-state index contributed by atoms with van der Waals surface area (Å²) < 4.78 is 33.8. The van der Waals surface area contributed by atoms with Crippen molar-refractivity contribution < 1.29 is 17.9 Å². The SMILES string of the molecule is Cc1ncccc1C(=O)c1cc(Cl)ccc1NS(=O)(=O)c1ccc(OC(C)C)cc1. The van der Waals surface area contributed by atoms with Gasteiger partial charge in [-0.2, -0.15) is 0 Å². The van der Waals surface area contributed by atoms with Gasteiger partial charge >= 0.3 is 0 Å². The molecule has 0 aliphatic rings.